The van der Waals surface area contributed by atoms with Gasteiger partial charge in [0.05, 0.1) is 17.9 Å². The van der Waals surface area contributed by atoms with Gasteiger partial charge in [-0.25, -0.2) is 0 Å². The minimum atomic E-state index is -0.615. The minimum Gasteiger partial charge on any atom is -0.465 e. The highest BCUT2D eigenvalue weighted by Crippen LogP contribution is 2.43. The van der Waals surface area contributed by atoms with E-state index in [0.29, 0.717) is 13.0 Å². The first-order valence-electron chi connectivity index (χ1n) is 7.25. The topological polar surface area (TPSA) is 52.6 Å². The molecule has 2 aliphatic rings. The van der Waals surface area contributed by atoms with Crippen molar-refractivity contribution in [1.29, 1.82) is 0 Å². The van der Waals surface area contributed by atoms with Gasteiger partial charge < -0.3 is 9.47 Å². The minimum absolute atomic E-state index is 0.191. The second kappa shape index (κ2) is 5.14. The lowest BCUT2D eigenvalue weighted by Crippen LogP contribution is -2.48. The molecule has 4 nitrogen and oxygen atoms in total. The van der Waals surface area contributed by atoms with Crippen molar-refractivity contribution in [2.45, 2.75) is 64.9 Å². The summed E-state index contributed by atoms with van der Waals surface area (Å²) in [6.45, 7) is 5.99. The Kier molecular flexibility index (Phi) is 3.88. The third-order valence-corrected chi connectivity index (χ3v) is 4.18. The summed E-state index contributed by atoms with van der Waals surface area (Å²) in [4.78, 5) is 24.1. The fourth-order valence-corrected chi connectivity index (χ4v) is 2.98. The normalized spacial score (nSPS) is 26.9. The molecule has 1 unspecified atom stereocenters. The molecule has 1 saturated carbocycles. The molecule has 2 rings (SSSR count). The lowest BCUT2D eigenvalue weighted by atomic mass is 9.74. The standard InChI is InChI=1S/C15H24O4/c1-14(2,3)13(17)19-15(8-5-4-6-9-15)11-7-10-18-12(11)16/h11H,4-10H2,1-3H3. The zero-order valence-electron chi connectivity index (χ0n) is 12.2. The average Bonchev–Trinajstić information content (AvgIpc) is 2.76. The predicted octanol–water partition coefficient (Wildman–Crippen LogP) is 2.84. The van der Waals surface area contributed by atoms with Gasteiger partial charge in [0.25, 0.3) is 0 Å². The molecule has 0 aromatic carbocycles. The number of carbonyl (C=O) groups excluding carboxylic acids is 2. The maximum absolute atomic E-state index is 12.2. The van der Waals surface area contributed by atoms with Gasteiger partial charge in [0.1, 0.15) is 5.60 Å². The van der Waals surface area contributed by atoms with Crippen LogP contribution < -0.4 is 0 Å². The zero-order valence-corrected chi connectivity index (χ0v) is 12.2. The van der Waals surface area contributed by atoms with Crippen LogP contribution in [0.5, 0.6) is 0 Å². The molecule has 19 heavy (non-hydrogen) atoms. The second-order valence-electron chi connectivity index (χ2n) is 6.77. The van der Waals surface area contributed by atoms with Crippen LogP contribution in [-0.2, 0) is 19.1 Å². The Hall–Kier alpha value is -1.06. The SMILES string of the molecule is CC(C)(C)C(=O)OC1(C2CCOC2=O)CCCCC1. The number of cyclic esters (lactones) is 1. The van der Waals surface area contributed by atoms with Crippen LogP contribution in [0.4, 0.5) is 0 Å². The molecule has 2 fully saturated rings. The van der Waals surface area contributed by atoms with E-state index >= 15 is 0 Å². The van der Waals surface area contributed by atoms with Crippen LogP contribution in [0.3, 0.4) is 0 Å². The van der Waals surface area contributed by atoms with Crippen molar-refractivity contribution >= 4 is 11.9 Å². The Bertz CT molecular complexity index is 361. The van der Waals surface area contributed by atoms with Gasteiger partial charge in [-0.15, -0.1) is 0 Å². The molecule has 1 atom stereocenters. The van der Waals surface area contributed by atoms with Crippen molar-refractivity contribution in [3.63, 3.8) is 0 Å². The van der Waals surface area contributed by atoms with Crippen molar-refractivity contribution in [2.24, 2.45) is 11.3 Å². The van der Waals surface area contributed by atoms with Crippen LogP contribution in [0.1, 0.15) is 59.3 Å². The van der Waals surface area contributed by atoms with Gasteiger partial charge in [0.15, 0.2) is 0 Å². The van der Waals surface area contributed by atoms with Gasteiger partial charge in [-0.2, -0.15) is 0 Å². The lowest BCUT2D eigenvalue weighted by Gasteiger charge is -2.41. The average molecular weight is 268 g/mol. The molecule has 1 heterocycles. The Balaban J connectivity index is 2.20. The summed E-state index contributed by atoms with van der Waals surface area (Å²) >= 11 is 0. The molecule has 1 saturated heterocycles. The van der Waals surface area contributed by atoms with Crippen LogP contribution >= 0.6 is 0 Å². The van der Waals surface area contributed by atoms with Crippen LogP contribution in [0.2, 0.25) is 0 Å². The number of hydrogen-bond donors (Lipinski definition) is 0. The van der Waals surface area contributed by atoms with E-state index in [-0.39, 0.29) is 17.9 Å². The van der Waals surface area contributed by atoms with E-state index in [0.717, 1.165) is 32.1 Å². The Labute approximate surface area is 114 Å². The van der Waals surface area contributed by atoms with Crippen LogP contribution in [0, 0.1) is 11.3 Å². The van der Waals surface area contributed by atoms with E-state index < -0.39 is 11.0 Å². The van der Waals surface area contributed by atoms with E-state index in [1.807, 2.05) is 20.8 Å². The van der Waals surface area contributed by atoms with Gasteiger partial charge in [-0.05, 0) is 52.9 Å². The number of carbonyl (C=O) groups is 2. The zero-order chi connectivity index (χ0) is 14.1. The van der Waals surface area contributed by atoms with Gasteiger partial charge in [-0.3, -0.25) is 9.59 Å². The first-order chi connectivity index (χ1) is 8.85. The van der Waals surface area contributed by atoms with Gasteiger partial charge in [-0.1, -0.05) is 6.42 Å². The highest BCUT2D eigenvalue weighted by Gasteiger charge is 2.50. The second-order valence-corrected chi connectivity index (χ2v) is 6.77. The first kappa shape index (κ1) is 14.4. The van der Waals surface area contributed by atoms with E-state index in [1.165, 1.54) is 0 Å². The summed E-state index contributed by atoms with van der Waals surface area (Å²) in [6.07, 6.45) is 5.43. The number of esters is 2. The van der Waals surface area contributed by atoms with Crippen molar-refractivity contribution in [2.75, 3.05) is 6.61 Å². The molecule has 0 radical (unpaired) electrons. The highest BCUT2D eigenvalue weighted by atomic mass is 16.6. The number of rotatable bonds is 2. The third kappa shape index (κ3) is 2.93. The van der Waals surface area contributed by atoms with Crippen LogP contribution in [0.25, 0.3) is 0 Å². The summed E-state index contributed by atoms with van der Waals surface area (Å²) < 4.78 is 10.9. The molecule has 0 aromatic rings. The smallest absolute Gasteiger partial charge is 0.313 e. The molecular formula is C15H24O4. The third-order valence-electron chi connectivity index (χ3n) is 4.18. The van der Waals surface area contributed by atoms with Crippen molar-refractivity contribution in [3.05, 3.63) is 0 Å². The molecular weight excluding hydrogens is 244 g/mol. The maximum atomic E-state index is 12.2. The van der Waals surface area contributed by atoms with Crippen LogP contribution in [-0.4, -0.2) is 24.1 Å². The monoisotopic (exact) mass is 268 g/mol. The van der Waals surface area contributed by atoms with E-state index in [2.05, 4.69) is 0 Å². The largest absolute Gasteiger partial charge is 0.465 e. The lowest BCUT2D eigenvalue weighted by molar-refractivity contribution is -0.183. The van der Waals surface area contributed by atoms with Gasteiger partial charge >= 0.3 is 11.9 Å². The maximum Gasteiger partial charge on any atom is 0.313 e. The number of ether oxygens (including phenoxy) is 2. The number of hydrogen-bond acceptors (Lipinski definition) is 4. The van der Waals surface area contributed by atoms with Crippen molar-refractivity contribution in [1.82, 2.24) is 0 Å². The fraction of sp³-hybridized carbons (Fsp3) is 0.867. The summed E-state index contributed by atoms with van der Waals surface area (Å²) in [6, 6.07) is 0. The summed E-state index contributed by atoms with van der Waals surface area (Å²) in [5.41, 5.74) is -1.15. The molecule has 0 aromatic heterocycles. The quantitative estimate of drug-likeness (QED) is 0.723. The van der Waals surface area contributed by atoms with E-state index in [4.69, 9.17) is 9.47 Å². The van der Waals surface area contributed by atoms with Crippen LogP contribution in [0.15, 0.2) is 0 Å². The van der Waals surface area contributed by atoms with E-state index in [9.17, 15) is 9.59 Å². The predicted molar refractivity (Wildman–Crippen MR) is 70.4 cm³/mol. The molecule has 0 bridgehead atoms. The molecule has 0 amide bonds. The Morgan fingerprint density at radius 3 is 2.37 bits per heavy atom. The summed E-state index contributed by atoms with van der Waals surface area (Å²) in [5.74, 6) is -0.670. The molecule has 0 spiro atoms. The molecule has 1 aliphatic heterocycles. The highest BCUT2D eigenvalue weighted by molar-refractivity contribution is 5.79. The first-order valence-corrected chi connectivity index (χ1v) is 7.25. The molecule has 108 valence electrons. The Morgan fingerprint density at radius 2 is 1.89 bits per heavy atom. The molecule has 1 aliphatic carbocycles. The molecule has 0 N–H and O–H groups in total. The van der Waals surface area contributed by atoms with Crippen molar-refractivity contribution in [3.8, 4) is 0 Å². The fourth-order valence-electron chi connectivity index (χ4n) is 2.98. The van der Waals surface area contributed by atoms with Crippen molar-refractivity contribution < 1.29 is 19.1 Å². The Morgan fingerprint density at radius 1 is 1.26 bits per heavy atom. The summed E-state index contributed by atoms with van der Waals surface area (Å²) in [7, 11) is 0. The van der Waals surface area contributed by atoms with Gasteiger partial charge in [0.2, 0.25) is 0 Å². The van der Waals surface area contributed by atoms with Gasteiger partial charge in [0, 0.05) is 0 Å². The van der Waals surface area contributed by atoms with E-state index in [1.54, 1.807) is 0 Å². The summed E-state index contributed by atoms with van der Waals surface area (Å²) in [5, 5.41) is 0. The molecule has 4 heteroatoms.